The van der Waals surface area contributed by atoms with Crippen LogP contribution in [0.1, 0.15) is 31.0 Å². The summed E-state index contributed by atoms with van der Waals surface area (Å²) in [6.07, 6.45) is 4.01. The van der Waals surface area contributed by atoms with Gasteiger partial charge in [-0.05, 0) is 31.5 Å². The normalized spacial score (nSPS) is 12.6. The molecular weight excluding hydrogens is 290 g/mol. The monoisotopic (exact) mass is 307 g/mol. The van der Waals surface area contributed by atoms with Gasteiger partial charge in [0.2, 0.25) is 0 Å². The Morgan fingerprint density at radius 3 is 2.67 bits per heavy atom. The highest BCUT2D eigenvalue weighted by Gasteiger charge is 2.05. The molecule has 2 aromatic rings. The van der Waals surface area contributed by atoms with E-state index in [1.54, 1.807) is 0 Å². The van der Waals surface area contributed by atoms with Crippen molar-refractivity contribution in [2.45, 2.75) is 33.0 Å². The predicted octanol–water partition coefficient (Wildman–Crippen LogP) is 3.52. The van der Waals surface area contributed by atoms with E-state index in [-0.39, 0.29) is 0 Å². The van der Waals surface area contributed by atoms with Crippen LogP contribution in [-0.4, -0.2) is 9.78 Å². The third-order valence-electron chi connectivity index (χ3n) is 2.99. The number of nitrogens with zero attached hydrogens (tertiary/aromatic N) is 2. The van der Waals surface area contributed by atoms with Gasteiger partial charge < -0.3 is 5.32 Å². The van der Waals surface area contributed by atoms with Crippen LogP contribution in [0.5, 0.6) is 0 Å². The lowest BCUT2D eigenvalue weighted by Gasteiger charge is -2.13. The van der Waals surface area contributed by atoms with Crippen molar-refractivity contribution >= 4 is 15.9 Å². The summed E-state index contributed by atoms with van der Waals surface area (Å²) in [6, 6.07) is 8.75. The number of halogens is 1. The smallest absolute Gasteiger partial charge is 0.0534 e. The van der Waals surface area contributed by atoms with Gasteiger partial charge in [-0.1, -0.05) is 28.1 Å². The fourth-order valence-corrected chi connectivity index (χ4v) is 2.08. The van der Waals surface area contributed by atoms with Crippen molar-refractivity contribution in [1.82, 2.24) is 15.1 Å². The summed E-state index contributed by atoms with van der Waals surface area (Å²) in [4.78, 5) is 0. The summed E-state index contributed by atoms with van der Waals surface area (Å²) in [5, 5.41) is 7.77. The van der Waals surface area contributed by atoms with Crippen LogP contribution in [0.25, 0.3) is 0 Å². The van der Waals surface area contributed by atoms with Gasteiger partial charge in [0.15, 0.2) is 0 Å². The van der Waals surface area contributed by atoms with E-state index in [4.69, 9.17) is 0 Å². The van der Waals surface area contributed by atoms with Gasteiger partial charge in [-0.3, -0.25) is 4.68 Å². The lowest BCUT2D eigenvalue weighted by Crippen LogP contribution is -2.17. The van der Waals surface area contributed by atoms with E-state index in [0.29, 0.717) is 6.04 Å². The van der Waals surface area contributed by atoms with Gasteiger partial charge in [0.25, 0.3) is 0 Å². The first kappa shape index (κ1) is 13.3. The number of aromatic nitrogens is 2. The van der Waals surface area contributed by atoms with E-state index < -0.39 is 0 Å². The van der Waals surface area contributed by atoms with E-state index in [1.165, 1.54) is 11.1 Å². The van der Waals surface area contributed by atoms with Crippen molar-refractivity contribution < 1.29 is 0 Å². The molecule has 0 amide bonds. The van der Waals surface area contributed by atoms with Gasteiger partial charge in [-0.25, -0.2) is 0 Å². The molecule has 1 N–H and O–H groups in total. The molecule has 2 rings (SSSR count). The molecule has 0 saturated heterocycles. The second-order valence-corrected chi connectivity index (χ2v) is 5.27. The van der Waals surface area contributed by atoms with Crippen molar-refractivity contribution in [3.8, 4) is 0 Å². The summed E-state index contributed by atoms with van der Waals surface area (Å²) in [5.41, 5.74) is 2.52. The Balaban J connectivity index is 1.91. The van der Waals surface area contributed by atoms with Crippen LogP contribution in [0.4, 0.5) is 0 Å². The van der Waals surface area contributed by atoms with Gasteiger partial charge in [0.1, 0.15) is 0 Å². The molecule has 0 aliphatic carbocycles. The average Bonchev–Trinajstić information content (AvgIpc) is 2.85. The molecule has 96 valence electrons. The lowest BCUT2D eigenvalue weighted by atomic mass is 10.1. The first-order valence-electron chi connectivity index (χ1n) is 6.19. The highest BCUT2D eigenvalue weighted by Crippen LogP contribution is 2.16. The van der Waals surface area contributed by atoms with Crippen LogP contribution in [0.2, 0.25) is 0 Å². The number of aryl methyl sites for hydroxylation is 1. The van der Waals surface area contributed by atoms with Gasteiger partial charge in [0, 0.05) is 35.4 Å². The van der Waals surface area contributed by atoms with Gasteiger partial charge in [0.05, 0.1) is 6.20 Å². The Bertz CT molecular complexity index is 490. The SMILES string of the molecule is CCn1cc(CN[C@@H](C)c2ccc(Br)cc2)cn1. The highest BCUT2D eigenvalue weighted by atomic mass is 79.9. The molecule has 18 heavy (non-hydrogen) atoms. The third kappa shape index (κ3) is 3.43. The summed E-state index contributed by atoms with van der Waals surface area (Å²) >= 11 is 3.45. The van der Waals surface area contributed by atoms with Crippen molar-refractivity contribution in [1.29, 1.82) is 0 Å². The van der Waals surface area contributed by atoms with E-state index in [9.17, 15) is 0 Å². The molecule has 0 radical (unpaired) electrons. The van der Waals surface area contributed by atoms with Gasteiger partial charge in [-0.2, -0.15) is 5.10 Å². The molecule has 1 heterocycles. The molecule has 1 aromatic carbocycles. The standard InChI is InChI=1S/C14H18BrN3/c1-3-18-10-12(9-17-18)8-16-11(2)13-4-6-14(15)7-5-13/h4-7,9-11,16H,3,8H2,1-2H3/t11-/m0/s1. The minimum atomic E-state index is 0.336. The zero-order valence-corrected chi connectivity index (χ0v) is 12.3. The van der Waals surface area contributed by atoms with Crippen molar-refractivity contribution in [3.63, 3.8) is 0 Å². The van der Waals surface area contributed by atoms with Crippen LogP contribution in [0.3, 0.4) is 0 Å². The summed E-state index contributed by atoms with van der Waals surface area (Å²) in [6.45, 7) is 6.03. The van der Waals surface area contributed by atoms with Crippen molar-refractivity contribution in [3.05, 3.63) is 52.3 Å². The maximum Gasteiger partial charge on any atom is 0.0534 e. The molecule has 0 bridgehead atoms. The Labute approximate surface area is 116 Å². The second kappa shape index (κ2) is 6.16. The van der Waals surface area contributed by atoms with Crippen LogP contribution in [0.15, 0.2) is 41.1 Å². The molecule has 0 aliphatic heterocycles. The Morgan fingerprint density at radius 1 is 1.33 bits per heavy atom. The molecule has 1 aromatic heterocycles. The average molecular weight is 308 g/mol. The molecule has 0 aliphatic rings. The lowest BCUT2D eigenvalue weighted by molar-refractivity contribution is 0.573. The summed E-state index contributed by atoms with van der Waals surface area (Å²) in [7, 11) is 0. The largest absolute Gasteiger partial charge is 0.306 e. The number of nitrogens with one attached hydrogen (secondary N) is 1. The quantitative estimate of drug-likeness (QED) is 0.916. The molecule has 1 atom stereocenters. The number of rotatable bonds is 5. The Kier molecular flexibility index (Phi) is 4.55. The molecule has 0 spiro atoms. The van der Waals surface area contributed by atoms with Crippen molar-refractivity contribution in [2.75, 3.05) is 0 Å². The number of benzene rings is 1. The molecule has 0 unspecified atom stereocenters. The first-order chi connectivity index (χ1) is 8.69. The summed E-state index contributed by atoms with van der Waals surface area (Å²) < 4.78 is 3.06. The van der Waals surface area contributed by atoms with Gasteiger partial charge >= 0.3 is 0 Å². The maximum atomic E-state index is 4.27. The molecule has 0 saturated carbocycles. The summed E-state index contributed by atoms with van der Waals surface area (Å²) in [5.74, 6) is 0. The fraction of sp³-hybridized carbons (Fsp3) is 0.357. The highest BCUT2D eigenvalue weighted by molar-refractivity contribution is 9.10. The number of hydrogen-bond acceptors (Lipinski definition) is 2. The van der Waals surface area contributed by atoms with Crippen LogP contribution in [0, 0.1) is 0 Å². The van der Waals surface area contributed by atoms with Crippen molar-refractivity contribution in [2.24, 2.45) is 0 Å². The molecule has 4 heteroatoms. The molecule has 3 nitrogen and oxygen atoms in total. The van der Waals surface area contributed by atoms with Crippen LogP contribution < -0.4 is 5.32 Å². The second-order valence-electron chi connectivity index (χ2n) is 4.36. The van der Waals surface area contributed by atoms with Gasteiger partial charge in [-0.15, -0.1) is 0 Å². The van der Waals surface area contributed by atoms with E-state index in [1.807, 2.05) is 10.9 Å². The van der Waals surface area contributed by atoms with E-state index in [0.717, 1.165) is 17.6 Å². The first-order valence-corrected chi connectivity index (χ1v) is 6.98. The zero-order valence-electron chi connectivity index (χ0n) is 10.7. The number of hydrogen-bond donors (Lipinski definition) is 1. The minimum Gasteiger partial charge on any atom is -0.306 e. The Hall–Kier alpha value is -1.13. The topological polar surface area (TPSA) is 29.9 Å². The van der Waals surface area contributed by atoms with E-state index >= 15 is 0 Å². The predicted molar refractivity (Wildman–Crippen MR) is 77.3 cm³/mol. The molecule has 0 fully saturated rings. The maximum absolute atomic E-state index is 4.27. The van der Waals surface area contributed by atoms with Crippen LogP contribution in [-0.2, 0) is 13.1 Å². The Morgan fingerprint density at radius 2 is 2.06 bits per heavy atom. The molecular formula is C14H18BrN3. The zero-order chi connectivity index (χ0) is 13.0. The fourth-order valence-electron chi connectivity index (χ4n) is 1.81. The minimum absolute atomic E-state index is 0.336. The van der Waals surface area contributed by atoms with E-state index in [2.05, 4.69) is 70.7 Å². The van der Waals surface area contributed by atoms with Crippen LogP contribution >= 0.6 is 15.9 Å². The third-order valence-corrected chi connectivity index (χ3v) is 3.52.